The van der Waals surface area contributed by atoms with Gasteiger partial charge in [-0.15, -0.1) is 0 Å². The number of ether oxygens (including phenoxy) is 1. The molecule has 0 radical (unpaired) electrons. The molecule has 1 saturated heterocycles. The predicted octanol–water partition coefficient (Wildman–Crippen LogP) is 0.312. The summed E-state index contributed by atoms with van der Waals surface area (Å²) in [7, 11) is 0. The molecule has 1 aliphatic heterocycles. The number of hydrogen-bond acceptors (Lipinski definition) is 5. The van der Waals surface area contributed by atoms with Crippen LogP contribution in [0.5, 0.6) is 0 Å². The molecule has 1 fully saturated rings. The van der Waals surface area contributed by atoms with Crippen LogP contribution in [0.25, 0.3) is 0 Å². The van der Waals surface area contributed by atoms with E-state index in [-0.39, 0.29) is 11.0 Å². The fourth-order valence-electron chi connectivity index (χ4n) is 1.40. The van der Waals surface area contributed by atoms with E-state index in [4.69, 9.17) is 22.7 Å². The van der Waals surface area contributed by atoms with Gasteiger partial charge in [0.05, 0.1) is 12.6 Å². The van der Waals surface area contributed by atoms with Crippen LogP contribution in [0.2, 0.25) is 0 Å². The highest BCUT2D eigenvalue weighted by Gasteiger charge is 2.16. The van der Waals surface area contributed by atoms with Crippen molar-refractivity contribution >= 4 is 23.2 Å². The smallest absolute Gasteiger partial charge is 0.223 e. The molecule has 3 N–H and O–H groups in total. The fourth-order valence-corrected chi connectivity index (χ4v) is 1.51. The number of anilines is 1. The summed E-state index contributed by atoms with van der Waals surface area (Å²) in [5.74, 6) is 0.552. The first-order chi connectivity index (χ1) is 7.25. The second kappa shape index (κ2) is 4.50. The third kappa shape index (κ3) is 2.60. The third-order valence-corrected chi connectivity index (χ3v) is 2.38. The van der Waals surface area contributed by atoms with Crippen LogP contribution in [0, 0.1) is 0 Å². The van der Waals surface area contributed by atoms with E-state index in [0.717, 1.165) is 13.0 Å². The van der Waals surface area contributed by atoms with Gasteiger partial charge in [-0.05, 0) is 12.5 Å². The Morgan fingerprint density at radius 1 is 1.67 bits per heavy atom. The van der Waals surface area contributed by atoms with Crippen LogP contribution < -0.4 is 11.1 Å². The Morgan fingerprint density at radius 2 is 2.53 bits per heavy atom. The van der Waals surface area contributed by atoms with Crippen LogP contribution in [-0.4, -0.2) is 34.2 Å². The second-order valence-electron chi connectivity index (χ2n) is 3.33. The zero-order chi connectivity index (χ0) is 10.7. The maximum absolute atomic E-state index is 5.48. The molecule has 0 bridgehead atoms. The lowest BCUT2D eigenvalue weighted by molar-refractivity contribution is 0.195. The monoisotopic (exact) mass is 224 g/mol. The Bertz CT molecular complexity index is 365. The molecule has 6 heteroatoms. The van der Waals surface area contributed by atoms with Gasteiger partial charge >= 0.3 is 0 Å². The van der Waals surface area contributed by atoms with Crippen LogP contribution in [-0.2, 0) is 4.74 Å². The molecule has 0 amide bonds. The van der Waals surface area contributed by atoms with E-state index in [1.54, 1.807) is 12.3 Å². The van der Waals surface area contributed by atoms with Crippen molar-refractivity contribution in [3.05, 3.63) is 18.0 Å². The minimum atomic E-state index is 0.281. The summed E-state index contributed by atoms with van der Waals surface area (Å²) in [6.07, 6.45) is 2.61. The molecule has 0 aromatic carbocycles. The molecule has 1 aromatic heterocycles. The largest absolute Gasteiger partial charge is 0.388 e. The van der Waals surface area contributed by atoms with Gasteiger partial charge < -0.3 is 15.8 Å². The molecular weight excluding hydrogens is 212 g/mol. The number of nitrogens with one attached hydrogen (secondary N) is 1. The van der Waals surface area contributed by atoms with Gasteiger partial charge in [0.25, 0.3) is 0 Å². The van der Waals surface area contributed by atoms with Crippen molar-refractivity contribution in [2.75, 3.05) is 18.5 Å². The van der Waals surface area contributed by atoms with Crippen LogP contribution in [0.3, 0.4) is 0 Å². The lowest BCUT2D eigenvalue weighted by atomic mass is 10.3. The van der Waals surface area contributed by atoms with E-state index >= 15 is 0 Å². The highest BCUT2D eigenvalue weighted by atomic mass is 32.1. The molecule has 0 spiro atoms. The molecule has 5 nitrogen and oxygen atoms in total. The van der Waals surface area contributed by atoms with Crippen molar-refractivity contribution in [3.63, 3.8) is 0 Å². The Balaban J connectivity index is 2.07. The number of nitrogens with two attached hydrogens (primary N) is 1. The first kappa shape index (κ1) is 10.3. The van der Waals surface area contributed by atoms with Crippen molar-refractivity contribution in [3.8, 4) is 0 Å². The minimum Gasteiger partial charge on any atom is -0.388 e. The van der Waals surface area contributed by atoms with E-state index in [9.17, 15) is 0 Å². The van der Waals surface area contributed by atoms with E-state index < -0.39 is 0 Å². The zero-order valence-electron chi connectivity index (χ0n) is 8.14. The van der Waals surface area contributed by atoms with Gasteiger partial charge in [-0.25, -0.2) is 9.97 Å². The van der Waals surface area contributed by atoms with Gasteiger partial charge in [0.15, 0.2) is 0 Å². The summed E-state index contributed by atoms with van der Waals surface area (Å²) in [4.78, 5) is 8.56. The second-order valence-corrected chi connectivity index (χ2v) is 3.77. The lowest BCUT2D eigenvalue weighted by Gasteiger charge is -2.10. The molecule has 1 atom stereocenters. The quantitative estimate of drug-likeness (QED) is 0.720. The summed E-state index contributed by atoms with van der Waals surface area (Å²) < 4.78 is 5.24. The van der Waals surface area contributed by atoms with Crippen molar-refractivity contribution < 1.29 is 4.74 Å². The van der Waals surface area contributed by atoms with Crippen LogP contribution in [0.4, 0.5) is 5.95 Å². The van der Waals surface area contributed by atoms with Crippen LogP contribution in [0.15, 0.2) is 12.3 Å². The van der Waals surface area contributed by atoms with E-state index in [0.29, 0.717) is 18.2 Å². The Hall–Kier alpha value is -1.27. The van der Waals surface area contributed by atoms with E-state index in [2.05, 4.69) is 15.3 Å². The maximum atomic E-state index is 5.48. The molecule has 80 valence electrons. The van der Waals surface area contributed by atoms with Crippen molar-refractivity contribution in [2.45, 2.75) is 12.5 Å². The van der Waals surface area contributed by atoms with Crippen molar-refractivity contribution in [2.24, 2.45) is 5.73 Å². The number of nitrogens with zero attached hydrogens (tertiary/aromatic N) is 2. The number of hydrogen-bond donors (Lipinski definition) is 2. The topological polar surface area (TPSA) is 73.1 Å². The average molecular weight is 224 g/mol. The number of rotatable bonds is 3. The molecule has 0 saturated carbocycles. The number of aromatic nitrogens is 2. The SMILES string of the molecule is NC(=S)c1ccnc(NC2CCOC2)n1. The molecule has 0 aliphatic carbocycles. The highest BCUT2D eigenvalue weighted by molar-refractivity contribution is 7.80. The lowest BCUT2D eigenvalue weighted by Crippen LogP contribution is -2.21. The van der Waals surface area contributed by atoms with Crippen LogP contribution >= 0.6 is 12.2 Å². The Kier molecular flexibility index (Phi) is 3.08. The normalized spacial score (nSPS) is 20.1. The molecule has 2 heterocycles. The van der Waals surface area contributed by atoms with Gasteiger partial charge in [0.2, 0.25) is 5.95 Å². The third-order valence-electron chi connectivity index (χ3n) is 2.17. The predicted molar refractivity (Wildman–Crippen MR) is 60.8 cm³/mol. The van der Waals surface area contributed by atoms with Gasteiger partial charge in [-0.3, -0.25) is 0 Å². The Labute approximate surface area is 93.1 Å². The maximum Gasteiger partial charge on any atom is 0.223 e. The summed E-state index contributed by atoms with van der Waals surface area (Å²) >= 11 is 4.84. The van der Waals surface area contributed by atoms with Gasteiger partial charge in [-0.2, -0.15) is 0 Å². The first-order valence-electron chi connectivity index (χ1n) is 4.73. The van der Waals surface area contributed by atoms with Gasteiger partial charge in [0, 0.05) is 12.8 Å². The molecular formula is C9H12N4OS. The minimum absolute atomic E-state index is 0.281. The van der Waals surface area contributed by atoms with Gasteiger partial charge in [-0.1, -0.05) is 12.2 Å². The standard InChI is InChI=1S/C9H12N4OS/c10-8(15)7-1-3-11-9(13-7)12-6-2-4-14-5-6/h1,3,6H,2,4-5H2,(H2,10,15)(H,11,12,13). The molecule has 1 aromatic rings. The molecule has 1 unspecified atom stereocenters. The molecule has 2 rings (SSSR count). The summed E-state index contributed by atoms with van der Waals surface area (Å²) in [5, 5.41) is 3.17. The fraction of sp³-hybridized carbons (Fsp3) is 0.444. The zero-order valence-corrected chi connectivity index (χ0v) is 8.96. The van der Waals surface area contributed by atoms with Crippen molar-refractivity contribution in [1.29, 1.82) is 0 Å². The van der Waals surface area contributed by atoms with E-state index in [1.165, 1.54) is 0 Å². The summed E-state index contributed by atoms with van der Waals surface area (Å²) in [5.41, 5.74) is 6.06. The molecule has 1 aliphatic rings. The van der Waals surface area contributed by atoms with Crippen molar-refractivity contribution in [1.82, 2.24) is 9.97 Å². The van der Waals surface area contributed by atoms with E-state index in [1.807, 2.05) is 0 Å². The number of thiocarbonyl (C=S) groups is 1. The molecule has 15 heavy (non-hydrogen) atoms. The Morgan fingerprint density at radius 3 is 3.20 bits per heavy atom. The van der Waals surface area contributed by atoms with Gasteiger partial charge in [0.1, 0.15) is 10.7 Å². The highest BCUT2D eigenvalue weighted by Crippen LogP contribution is 2.09. The average Bonchev–Trinajstić information content (AvgIpc) is 2.71. The first-order valence-corrected chi connectivity index (χ1v) is 5.13. The van der Waals surface area contributed by atoms with Crippen LogP contribution in [0.1, 0.15) is 12.1 Å². The summed E-state index contributed by atoms with van der Waals surface area (Å²) in [6, 6.07) is 1.98. The summed E-state index contributed by atoms with van der Waals surface area (Å²) in [6.45, 7) is 1.48.